The molecule has 0 bridgehead atoms. The molecule has 0 saturated carbocycles. The van der Waals surface area contributed by atoms with Crippen molar-refractivity contribution in [2.45, 2.75) is 270 Å². The minimum atomic E-state index is -1.38. The van der Waals surface area contributed by atoms with Gasteiger partial charge in [0, 0.05) is 12.8 Å². The number of aliphatic hydroxyl groups is 1. The maximum absolute atomic E-state index is 12.8. The Morgan fingerprint density at radius 2 is 0.898 bits per heavy atom. The fourth-order valence-electron chi connectivity index (χ4n) is 7.63. The molecule has 4 N–H and O–H groups in total. The van der Waals surface area contributed by atoms with Crippen LogP contribution in [-0.2, 0) is 23.9 Å². The molecule has 59 heavy (non-hydrogen) atoms. The van der Waals surface area contributed by atoms with E-state index >= 15 is 0 Å². The SMILES string of the molecule is CCCCCCCCC/C=C\C(CCCCCCCCC(=O)NCC(=O)NC(CO)C(=O)O)OC(=O)CCCCCCCCCCCCCCCCCCCCCCC. The molecule has 2 atom stereocenters. The van der Waals surface area contributed by atoms with E-state index in [4.69, 9.17) is 14.9 Å². The van der Waals surface area contributed by atoms with Crippen LogP contribution in [0.25, 0.3) is 0 Å². The van der Waals surface area contributed by atoms with Crippen LogP contribution in [0, 0.1) is 0 Å². The molecule has 2 amide bonds. The van der Waals surface area contributed by atoms with Crippen molar-refractivity contribution < 1.29 is 34.1 Å². The molecule has 346 valence electrons. The second-order valence-corrected chi connectivity index (χ2v) is 17.3. The zero-order valence-corrected chi connectivity index (χ0v) is 38.5. The number of hydrogen-bond donors (Lipinski definition) is 4. The first-order chi connectivity index (χ1) is 28.8. The summed E-state index contributed by atoms with van der Waals surface area (Å²) in [7, 11) is 0. The first kappa shape index (κ1) is 56.6. The lowest BCUT2D eigenvalue weighted by Gasteiger charge is -2.15. The molecule has 2 unspecified atom stereocenters. The highest BCUT2D eigenvalue weighted by molar-refractivity contribution is 5.87. The molecule has 0 saturated heterocycles. The monoisotopic (exact) mass is 835 g/mol. The smallest absolute Gasteiger partial charge is 0.328 e. The lowest BCUT2D eigenvalue weighted by molar-refractivity contribution is -0.147. The van der Waals surface area contributed by atoms with Gasteiger partial charge in [0.15, 0.2) is 0 Å². The summed E-state index contributed by atoms with van der Waals surface area (Å²) in [5.41, 5.74) is 0. The van der Waals surface area contributed by atoms with Crippen LogP contribution >= 0.6 is 0 Å². The van der Waals surface area contributed by atoms with Gasteiger partial charge in [-0.3, -0.25) is 14.4 Å². The molecule has 0 fully saturated rings. The van der Waals surface area contributed by atoms with E-state index in [1.807, 2.05) is 0 Å². The van der Waals surface area contributed by atoms with Gasteiger partial charge in [0.05, 0.1) is 13.2 Å². The van der Waals surface area contributed by atoms with E-state index in [0.717, 1.165) is 57.8 Å². The van der Waals surface area contributed by atoms with Crippen molar-refractivity contribution in [1.82, 2.24) is 10.6 Å². The Hall–Kier alpha value is -2.42. The van der Waals surface area contributed by atoms with Crippen molar-refractivity contribution in [1.29, 1.82) is 0 Å². The topological polar surface area (TPSA) is 142 Å². The number of carboxylic acid groups (broad SMARTS) is 1. The molecule has 0 aromatic carbocycles. The number of allylic oxidation sites excluding steroid dienone is 1. The maximum Gasteiger partial charge on any atom is 0.328 e. The number of amides is 2. The Bertz CT molecular complexity index is 1000. The van der Waals surface area contributed by atoms with Crippen LogP contribution < -0.4 is 10.6 Å². The number of unbranched alkanes of at least 4 members (excludes halogenated alkanes) is 32. The lowest BCUT2D eigenvalue weighted by Crippen LogP contribution is -2.47. The van der Waals surface area contributed by atoms with E-state index in [0.29, 0.717) is 19.3 Å². The summed E-state index contributed by atoms with van der Waals surface area (Å²) in [6, 6.07) is -1.38. The number of hydrogen-bond acceptors (Lipinski definition) is 6. The minimum Gasteiger partial charge on any atom is -0.480 e. The van der Waals surface area contributed by atoms with Crippen molar-refractivity contribution in [3.05, 3.63) is 12.2 Å². The summed E-state index contributed by atoms with van der Waals surface area (Å²) >= 11 is 0. The summed E-state index contributed by atoms with van der Waals surface area (Å²) in [4.78, 5) is 47.6. The predicted molar refractivity (Wildman–Crippen MR) is 245 cm³/mol. The fraction of sp³-hybridized carbons (Fsp3) is 0.880. The van der Waals surface area contributed by atoms with Gasteiger partial charge in [-0.15, -0.1) is 0 Å². The van der Waals surface area contributed by atoms with Gasteiger partial charge in [0.1, 0.15) is 12.1 Å². The number of carbonyl (C=O) groups is 4. The zero-order chi connectivity index (χ0) is 43.3. The van der Waals surface area contributed by atoms with Crippen LogP contribution in [0.3, 0.4) is 0 Å². The normalized spacial score (nSPS) is 12.5. The molecule has 0 aromatic rings. The Labute approximate surface area is 362 Å². The zero-order valence-electron chi connectivity index (χ0n) is 38.5. The maximum atomic E-state index is 12.8. The van der Waals surface area contributed by atoms with E-state index in [2.05, 4.69) is 36.6 Å². The van der Waals surface area contributed by atoms with Gasteiger partial charge in [-0.05, 0) is 44.6 Å². The van der Waals surface area contributed by atoms with Crippen LogP contribution in [0.1, 0.15) is 258 Å². The lowest BCUT2D eigenvalue weighted by atomic mass is 10.0. The average Bonchev–Trinajstić information content (AvgIpc) is 3.22. The molecule has 0 heterocycles. The molecule has 0 rings (SSSR count). The summed E-state index contributed by atoms with van der Waals surface area (Å²) in [5, 5.41) is 22.6. The van der Waals surface area contributed by atoms with Gasteiger partial charge in [-0.2, -0.15) is 0 Å². The molecule has 0 aliphatic carbocycles. The molecule has 0 aromatic heterocycles. The summed E-state index contributed by atoms with van der Waals surface area (Å²) in [6.07, 6.45) is 49.9. The number of carboxylic acids is 1. The van der Waals surface area contributed by atoms with Crippen LogP contribution in [0.4, 0.5) is 0 Å². The second-order valence-electron chi connectivity index (χ2n) is 17.3. The van der Waals surface area contributed by atoms with Gasteiger partial charge >= 0.3 is 11.9 Å². The van der Waals surface area contributed by atoms with Crippen molar-refractivity contribution >= 4 is 23.8 Å². The fourth-order valence-corrected chi connectivity index (χ4v) is 7.63. The van der Waals surface area contributed by atoms with E-state index in [-0.39, 0.29) is 24.5 Å². The third-order valence-electron chi connectivity index (χ3n) is 11.5. The number of carbonyl (C=O) groups excluding carboxylic acids is 3. The molecular weight excluding hydrogens is 741 g/mol. The largest absolute Gasteiger partial charge is 0.480 e. The van der Waals surface area contributed by atoms with E-state index < -0.39 is 24.5 Å². The van der Waals surface area contributed by atoms with Crippen LogP contribution in [0.2, 0.25) is 0 Å². The Morgan fingerprint density at radius 1 is 0.508 bits per heavy atom. The van der Waals surface area contributed by atoms with Crippen molar-refractivity contribution in [3.8, 4) is 0 Å². The number of aliphatic hydroxyl groups excluding tert-OH is 1. The Kier molecular flexibility index (Phi) is 43.3. The molecule has 0 aliphatic heterocycles. The van der Waals surface area contributed by atoms with Crippen LogP contribution in [0.15, 0.2) is 12.2 Å². The van der Waals surface area contributed by atoms with Crippen molar-refractivity contribution in [2.75, 3.05) is 13.2 Å². The Balaban J connectivity index is 4.11. The summed E-state index contributed by atoms with van der Waals surface area (Å²) in [5.74, 6) is -2.30. The van der Waals surface area contributed by atoms with Gasteiger partial charge < -0.3 is 25.6 Å². The van der Waals surface area contributed by atoms with Crippen LogP contribution in [0.5, 0.6) is 0 Å². The molecule has 9 heteroatoms. The average molecular weight is 835 g/mol. The van der Waals surface area contributed by atoms with Gasteiger partial charge in [-0.25, -0.2) is 4.79 Å². The predicted octanol–water partition coefficient (Wildman–Crippen LogP) is 13.0. The molecule has 0 radical (unpaired) electrons. The third-order valence-corrected chi connectivity index (χ3v) is 11.5. The first-order valence-electron chi connectivity index (χ1n) is 25.1. The minimum absolute atomic E-state index is 0.0702. The van der Waals surface area contributed by atoms with Crippen LogP contribution in [-0.4, -0.2) is 59.3 Å². The number of rotatable bonds is 46. The highest BCUT2D eigenvalue weighted by Gasteiger charge is 2.18. The first-order valence-corrected chi connectivity index (χ1v) is 25.1. The number of nitrogens with one attached hydrogen (secondary N) is 2. The quantitative estimate of drug-likeness (QED) is 0.0272. The van der Waals surface area contributed by atoms with Gasteiger partial charge in [0.2, 0.25) is 11.8 Å². The standard InChI is InChI=1S/C50H94N2O7/c1-3-5-7-9-11-13-14-15-16-17-18-19-20-21-22-23-24-26-28-34-38-42-49(56)59-45(39-35-31-27-25-12-10-8-6-4-2)40-36-32-29-30-33-37-41-47(54)51-43-48(55)52-46(44-53)50(57)58/h35,39,45-46,53H,3-34,36-38,40-44H2,1-2H3,(H,51,54)(H,52,55)(H,57,58)/b39-35-. The molecular formula is C50H94N2O7. The third kappa shape index (κ3) is 42.1. The highest BCUT2D eigenvalue weighted by Crippen LogP contribution is 2.18. The highest BCUT2D eigenvalue weighted by atomic mass is 16.5. The van der Waals surface area contributed by atoms with E-state index in [1.165, 1.54) is 167 Å². The number of ether oxygens (including phenoxy) is 1. The Morgan fingerprint density at radius 3 is 1.32 bits per heavy atom. The van der Waals surface area contributed by atoms with Gasteiger partial charge in [0.25, 0.3) is 0 Å². The van der Waals surface area contributed by atoms with Crippen molar-refractivity contribution in [2.24, 2.45) is 0 Å². The van der Waals surface area contributed by atoms with Gasteiger partial charge in [-0.1, -0.05) is 213 Å². The van der Waals surface area contributed by atoms with E-state index in [1.54, 1.807) is 0 Å². The number of esters is 1. The van der Waals surface area contributed by atoms with Crippen molar-refractivity contribution in [3.63, 3.8) is 0 Å². The molecule has 9 nitrogen and oxygen atoms in total. The second kappa shape index (κ2) is 45.1. The summed E-state index contributed by atoms with van der Waals surface area (Å²) in [6.45, 7) is 3.51. The number of aliphatic carboxylic acids is 1. The van der Waals surface area contributed by atoms with E-state index in [9.17, 15) is 19.2 Å². The molecule has 0 aliphatic rings. The molecule has 0 spiro atoms. The summed E-state index contributed by atoms with van der Waals surface area (Å²) < 4.78 is 5.98.